The third-order valence-corrected chi connectivity index (χ3v) is 5.13. The van der Waals surface area contributed by atoms with Gasteiger partial charge in [-0.2, -0.15) is 8.78 Å². The molecule has 1 saturated heterocycles. The van der Waals surface area contributed by atoms with Gasteiger partial charge >= 0.3 is 6.61 Å². The third kappa shape index (κ3) is 4.73. The van der Waals surface area contributed by atoms with Crippen molar-refractivity contribution in [2.45, 2.75) is 13.5 Å². The number of para-hydroxylation sites is 1. The highest BCUT2D eigenvalue weighted by atomic mass is 32.1. The van der Waals surface area contributed by atoms with E-state index < -0.39 is 18.4 Å². The average Bonchev–Trinajstić information content (AvgIpc) is 3.08. The Morgan fingerprint density at radius 2 is 1.89 bits per heavy atom. The lowest BCUT2D eigenvalue weighted by molar-refractivity contribution is -0.0501. The van der Waals surface area contributed by atoms with Crippen LogP contribution >= 0.6 is 11.3 Å². The summed E-state index contributed by atoms with van der Waals surface area (Å²) < 4.78 is 34.5. The van der Waals surface area contributed by atoms with Crippen LogP contribution in [0.3, 0.4) is 0 Å². The Balaban J connectivity index is 1.64. The second kappa shape index (κ2) is 8.93. The summed E-state index contributed by atoms with van der Waals surface area (Å²) in [6.45, 7) is 1.19. The van der Waals surface area contributed by atoms with E-state index in [0.717, 1.165) is 0 Å². The van der Waals surface area contributed by atoms with E-state index in [1.165, 1.54) is 35.6 Å². The normalized spacial score (nSPS) is 14.1. The lowest BCUT2D eigenvalue weighted by atomic mass is 10.2. The number of aryl methyl sites for hydroxylation is 1. The van der Waals surface area contributed by atoms with E-state index in [4.69, 9.17) is 4.74 Å². The number of morpholine rings is 1. The largest absolute Gasteiger partial charge is 0.434 e. The maximum atomic E-state index is 12.5. The molecule has 8 nitrogen and oxygen atoms in total. The molecule has 0 aliphatic carbocycles. The van der Waals surface area contributed by atoms with Crippen molar-refractivity contribution < 1.29 is 27.8 Å². The third-order valence-electron chi connectivity index (χ3n) is 3.91. The molecule has 1 fully saturated rings. The Labute approximate surface area is 163 Å². The number of hydrazine groups is 1. The number of aromatic nitrogens is 1. The number of benzene rings is 1. The molecule has 3 rings (SSSR count). The minimum absolute atomic E-state index is 0.127. The fourth-order valence-corrected chi connectivity index (χ4v) is 3.59. The Hall–Kier alpha value is -2.79. The number of amides is 2. The van der Waals surface area contributed by atoms with Gasteiger partial charge in [0.2, 0.25) is 0 Å². The smallest absolute Gasteiger partial charge is 0.387 e. The van der Waals surface area contributed by atoms with E-state index in [1.54, 1.807) is 6.92 Å². The van der Waals surface area contributed by atoms with Crippen molar-refractivity contribution in [3.8, 4) is 5.75 Å². The highest BCUT2D eigenvalue weighted by Crippen LogP contribution is 2.26. The van der Waals surface area contributed by atoms with Crippen LogP contribution in [0.5, 0.6) is 5.75 Å². The maximum absolute atomic E-state index is 12.5. The number of anilines is 1. The average molecular weight is 412 g/mol. The molecule has 0 bridgehead atoms. The lowest BCUT2D eigenvalue weighted by Gasteiger charge is -2.25. The summed E-state index contributed by atoms with van der Waals surface area (Å²) in [6, 6.07) is 5.51. The number of carbonyl (C=O) groups is 2. The van der Waals surface area contributed by atoms with Crippen molar-refractivity contribution in [2.75, 3.05) is 31.2 Å². The van der Waals surface area contributed by atoms with E-state index in [2.05, 4.69) is 20.6 Å². The predicted molar refractivity (Wildman–Crippen MR) is 97.9 cm³/mol. The van der Waals surface area contributed by atoms with Gasteiger partial charge in [0, 0.05) is 13.1 Å². The summed E-state index contributed by atoms with van der Waals surface area (Å²) >= 11 is 1.21. The zero-order chi connectivity index (χ0) is 20.1. The van der Waals surface area contributed by atoms with Crippen molar-refractivity contribution in [3.63, 3.8) is 0 Å². The van der Waals surface area contributed by atoms with Gasteiger partial charge in [-0.05, 0) is 19.1 Å². The van der Waals surface area contributed by atoms with Crippen LogP contribution in [0.4, 0.5) is 13.9 Å². The second-order valence-electron chi connectivity index (χ2n) is 5.79. The summed E-state index contributed by atoms with van der Waals surface area (Å²) in [5.74, 6) is -1.61. The van der Waals surface area contributed by atoms with Crippen LogP contribution < -0.4 is 20.5 Å². The highest BCUT2D eigenvalue weighted by molar-refractivity contribution is 7.17. The van der Waals surface area contributed by atoms with Gasteiger partial charge in [0.25, 0.3) is 11.8 Å². The number of rotatable bonds is 5. The van der Waals surface area contributed by atoms with Crippen molar-refractivity contribution in [3.05, 3.63) is 40.4 Å². The molecule has 1 aromatic carbocycles. The Morgan fingerprint density at radius 1 is 1.21 bits per heavy atom. The van der Waals surface area contributed by atoms with Gasteiger partial charge in [0.15, 0.2) is 5.13 Å². The minimum Gasteiger partial charge on any atom is -0.434 e. The maximum Gasteiger partial charge on any atom is 0.387 e. The summed E-state index contributed by atoms with van der Waals surface area (Å²) in [5.41, 5.74) is 4.89. The molecular weight excluding hydrogens is 394 g/mol. The molecular formula is C17H18F2N4O4S. The molecule has 2 aromatic rings. The Kier molecular flexibility index (Phi) is 6.37. The molecule has 2 N–H and O–H groups in total. The molecule has 0 unspecified atom stereocenters. The Morgan fingerprint density at radius 3 is 2.61 bits per heavy atom. The number of alkyl halides is 2. The quantitative estimate of drug-likeness (QED) is 0.730. The summed E-state index contributed by atoms with van der Waals surface area (Å²) in [7, 11) is 0. The monoisotopic (exact) mass is 412 g/mol. The van der Waals surface area contributed by atoms with Crippen LogP contribution in [0.25, 0.3) is 0 Å². The van der Waals surface area contributed by atoms with Gasteiger partial charge in [0.1, 0.15) is 10.6 Å². The number of nitrogens with one attached hydrogen (secondary N) is 2. The van der Waals surface area contributed by atoms with E-state index in [9.17, 15) is 18.4 Å². The summed E-state index contributed by atoms with van der Waals surface area (Å²) in [5, 5.41) is 0.702. The van der Waals surface area contributed by atoms with Gasteiger partial charge < -0.3 is 14.4 Å². The van der Waals surface area contributed by atoms with Crippen LogP contribution in [-0.4, -0.2) is 49.7 Å². The van der Waals surface area contributed by atoms with Gasteiger partial charge in [-0.1, -0.05) is 23.5 Å². The van der Waals surface area contributed by atoms with Crippen LogP contribution in [0, 0.1) is 6.92 Å². The molecule has 0 spiro atoms. The number of nitrogens with zero attached hydrogens (tertiary/aromatic N) is 2. The first-order valence-electron chi connectivity index (χ1n) is 8.40. The molecule has 1 aromatic heterocycles. The number of hydrogen-bond donors (Lipinski definition) is 2. The summed E-state index contributed by atoms with van der Waals surface area (Å²) in [4.78, 5) is 31.4. The van der Waals surface area contributed by atoms with Gasteiger partial charge in [-0.25, -0.2) is 4.98 Å². The molecule has 28 heavy (non-hydrogen) atoms. The van der Waals surface area contributed by atoms with Crippen molar-refractivity contribution >= 4 is 28.3 Å². The van der Waals surface area contributed by atoms with E-state index in [1.807, 2.05) is 4.90 Å². The van der Waals surface area contributed by atoms with Crippen LogP contribution in [-0.2, 0) is 4.74 Å². The minimum atomic E-state index is -3.07. The summed E-state index contributed by atoms with van der Waals surface area (Å²) in [6.07, 6.45) is 0. The molecule has 1 aliphatic rings. The number of thiazole rings is 1. The lowest BCUT2D eigenvalue weighted by Crippen LogP contribution is -2.41. The second-order valence-corrected chi connectivity index (χ2v) is 6.77. The van der Waals surface area contributed by atoms with E-state index in [-0.39, 0.29) is 11.3 Å². The van der Waals surface area contributed by atoms with Gasteiger partial charge in [-0.15, -0.1) is 0 Å². The predicted octanol–water partition coefficient (Wildman–Crippen LogP) is 1.96. The zero-order valence-electron chi connectivity index (χ0n) is 14.9. The number of ether oxygens (including phenoxy) is 2. The molecule has 0 radical (unpaired) electrons. The van der Waals surface area contributed by atoms with E-state index in [0.29, 0.717) is 42.0 Å². The van der Waals surface area contributed by atoms with Crippen molar-refractivity contribution in [1.82, 2.24) is 15.8 Å². The number of hydrogen-bond acceptors (Lipinski definition) is 7. The first-order valence-corrected chi connectivity index (χ1v) is 9.22. The molecule has 1 aliphatic heterocycles. The molecule has 11 heteroatoms. The van der Waals surface area contributed by atoms with Crippen LogP contribution in [0.1, 0.15) is 25.7 Å². The molecule has 2 heterocycles. The van der Waals surface area contributed by atoms with Gasteiger partial charge in [-0.3, -0.25) is 20.4 Å². The van der Waals surface area contributed by atoms with Crippen LogP contribution in [0.2, 0.25) is 0 Å². The fraction of sp³-hybridized carbons (Fsp3) is 0.353. The van der Waals surface area contributed by atoms with E-state index >= 15 is 0 Å². The molecule has 0 saturated carbocycles. The zero-order valence-corrected chi connectivity index (χ0v) is 15.7. The topological polar surface area (TPSA) is 92.8 Å². The molecule has 0 atom stereocenters. The van der Waals surface area contributed by atoms with Crippen LogP contribution in [0.15, 0.2) is 24.3 Å². The Bertz CT molecular complexity index is 855. The standard InChI is InChI=1S/C17H18F2N4O4S/c1-10-13(28-17(20-10)23-6-8-26-9-7-23)15(25)22-21-14(24)11-4-2-3-5-12(11)27-16(18)19/h2-5,16H,6-9H2,1H3,(H,21,24)(H,22,25). The van der Waals surface area contributed by atoms with Crippen molar-refractivity contribution in [2.24, 2.45) is 0 Å². The number of halogens is 2. The fourth-order valence-electron chi connectivity index (χ4n) is 2.57. The first-order chi connectivity index (χ1) is 13.5. The SMILES string of the molecule is Cc1nc(N2CCOCC2)sc1C(=O)NNC(=O)c1ccccc1OC(F)F. The first kappa shape index (κ1) is 20.0. The molecule has 150 valence electrons. The molecule has 2 amide bonds. The highest BCUT2D eigenvalue weighted by Gasteiger charge is 2.21. The van der Waals surface area contributed by atoms with Crippen molar-refractivity contribution in [1.29, 1.82) is 0 Å². The number of carbonyl (C=O) groups excluding carboxylic acids is 2. The van der Waals surface area contributed by atoms with Gasteiger partial charge in [0.05, 0.1) is 24.5 Å².